The molecule has 358 valence electrons. The molecule has 0 bridgehead atoms. The van der Waals surface area contributed by atoms with Crippen LogP contribution in [0, 0.1) is 0 Å². The fraction of sp³-hybridized carbons (Fsp3) is 0.113. The summed E-state index contributed by atoms with van der Waals surface area (Å²) in [6.45, 7) is 13.4. The van der Waals surface area contributed by atoms with Gasteiger partial charge in [-0.3, -0.25) is 15.0 Å². The van der Waals surface area contributed by atoms with Gasteiger partial charge in [-0.25, -0.2) is 0 Å². The van der Waals surface area contributed by atoms with E-state index in [1.807, 2.05) is 30.7 Å². The highest BCUT2D eigenvalue weighted by Crippen LogP contribution is 2.45. The second kappa shape index (κ2) is 20.0. The van der Waals surface area contributed by atoms with E-state index in [4.69, 9.17) is 15.0 Å². The van der Waals surface area contributed by atoms with Crippen molar-refractivity contribution in [2.24, 2.45) is 0 Å². The molecular formula is C71H59N3. The number of nitrogens with zero attached hydrogens (tertiary/aromatic N) is 3. The molecule has 3 nitrogen and oxygen atoms in total. The van der Waals surface area contributed by atoms with E-state index in [0.29, 0.717) is 0 Å². The zero-order valence-corrected chi connectivity index (χ0v) is 43.0. The lowest BCUT2D eigenvalue weighted by Gasteiger charge is -2.20. The van der Waals surface area contributed by atoms with Crippen LogP contribution >= 0.6 is 0 Å². The van der Waals surface area contributed by atoms with Gasteiger partial charge < -0.3 is 0 Å². The quantitative estimate of drug-likeness (QED) is 0.137. The van der Waals surface area contributed by atoms with Crippen molar-refractivity contribution in [3.63, 3.8) is 0 Å². The van der Waals surface area contributed by atoms with E-state index in [1.165, 1.54) is 11.1 Å². The lowest BCUT2D eigenvalue weighted by Crippen LogP contribution is -2.11. The number of benzene rings is 8. The Morgan fingerprint density at radius 3 is 1.16 bits per heavy atom. The van der Waals surface area contributed by atoms with E-state index in [-0.39, 0.29) is 10.8 Å². The molecule has 0 radical (unpaired) electrons. The maximum atomic E-state index is 4.88. The van der Waals surface area contributed by atoms with Gasteiger partial charge >= 0.3 is 0 Å². The minimum Gasteiger partial charge on any atom is -0.256 e. The van der Waals surface area contributed by atoms with E-state index in [1.54, 1.807) is 0 Å². The maximum Gasteiger partial charge on any atom is 0.0704 e. The molecule has 0 saturated carbocycles. The molecule has 0 aliphatic carbocycles. The fourth-order valence-corrected chi connectivity index (χ4v) is 10.1. The molecule has 0 aliphatic heterocycles. The standard InChI is InChI=1S/C71H59N3/c1-70(2,3)57-39-41-73-69(46-57)52-33-29-50(30-34-52)60-21-11-13-23-62(60)55-42-54(61-22-12-10-20-59(61)49-27-31-51(32-28-49)68-38-36-58(47-74-68)71(4,5)6)43-56(44-55)63-24-14-15-25-64(63)65-37-35-53(67-26-16-17-40-72-67)45-66(65)48-18-8-7-9-19-48/h7-47H,1-6H3. The summed E-state index contributed by atoms with van der Waals surface area (Å²) in [6.07, 6.45) is 5.80. The van der Waals surface area contributed by atoms with Gasteiger partial charge in [0.2, 0.25) is 0 Å². The van der Waals surface area contributed by atoms with Crippen LogP contribution in [-0.2, 0) is 10.8 Å². The largest absolute Gasteiger partial charge is 0.256 e. The predicted octanol–water partition coefficient (Wildman–Crippen LogP) is 19.1. The molecule has 3 heteroatoms. The summed E-state index contributed by atoms with van der Waals surface area (Å²) >= 11 is 0. The number of pyridine rings is 3. The first-order valence-electron chi connectivity index (χ1n) is 25.6. The van der Waals surface area contributed by atoms with Gasteiger partial charge in [-0.1, -0.05) is 217 Å². The number of hydrogen-bond donors (Lipinski definition) is 0. The molecule has 0 unspecified atom stereocenters. The van der Waals surface area contributed by atoms with Crippen LogP contribution in [0.15, 0.2) is 249 Å². The second-order valence-electron chi connectivity index (χ2n) is 21.3. The Labute approximate surface area is 437 Å². The average Bonchev–Trinajstić information content (AvgIpc) is 3.45. The molecule has 0 aliphatic rings. The average molecular weight is 954 g/mol. The fourth-order valence-electron chi connectivity index (χ4n) is 10.1. The Bertz CT molecular complexity index is 3750. The smallest absolute Gasteiger partial charge is 0.0704 e. The number of aromatic nitrogens is 3. The van der Waals surface area contributed by atoms with Crippen LogP contribution in [0.4, 0.5) is 0 Å². The van der Waals surface area contributed by atoms with Gasteiger partial charge in [-0.15, -0.1) is 0 Å². The summed E-state index contributed by atoms with van der Waals surface area (Å²) in [6, 6.07) is 83.7. The van der Waals surface area contributed by atoms with Gasteiger partial charge in [0.05, 0.1) is 17.1 Å². The molecule has 74 heavy (non-hydrogen) atoms. The molecule has 0 fully saturated rings. The lowest BCUT2D eigenvalue weighted by atomic mass is 9.84. The van der Waals surface area contributed by atoms with Crippen molar-refractivity contribution < 1.29 is 0 Å². The van der Waals surface area contributed by atoms with Crippen LogP contribution in [0.1, 0.15) is 52.7 Å². The third kappa shape index (κ3) is 9.90. The highest BCUT2D eigenvalue weighted by Gasteiger charge is 2.20. The van der Waals surface area contributed by atoms with Gasteiger partial charge in [0, 0.05) is 35.3 Å². The molecule has 11 rings (SSSR count). The van der Waals surface area contributed by atoms with Crippen molar-refractivity contribution in [3.8, 4) is 112 Å². The van der Waals surface area contributed by atoms with Crippen LogP contribution in [-0.4, -0.2) is 15.0 Å². The van der Waals surface area contributed by atoms with E-state index in [2.05, 4.69) is 260 Å². The van der Waals surface area contributed by atoms with Crippen molar-refractivity contribution in [2.75, 3.05) is 0 Å². The van der Waals surface area contributed by atoms with Crippen LogP contribution in [0.25, 0.3) is 112 Å². The van der Waals surface area contributed by atoms with E-state index in [0.717, 1.165) is 112 Å². The highest BCUT2D eigenvalue weighted by molar-refractivity contribution is 5.97. The Kier molecular flexibility index (Phi) is 12.9. The molecular weight excluding hydrogens is 895 g/mol. The maximum absolute atomic E-state index is 4.88. The Balaban J connectivity index is 1.06. The predicted molar refractivity (Wildman–Crippen MR) is 312 cm³/mol. The first-order chi connectivity index (χ1) is 35.9. The van der Waals surface area contributed by atoms with Crippen molar-refractivity contribution in [2.45, 2.75) is 52.4 Å². The van der Waals surface area contributed by atoms with Gasteiger partial charge in [-0.2, -0.15) is 0 Å². The van der Waals surface area contributed by atoms with Gasteiger partial charge in [-0.05, 0) is 154 Å². The Hall–Kier alpha value is -8.79. The minimum atomic E-state index is 0.0294. The summed E-state index contributed by atoms with van der Waals surface area (Å²) < 4.78 is 0. The zero-order valence-electron chi connectivity index (χ0n) is 43.0. The molecule has 3 aromatic heterocycles. The molecule has 11 aromatic rings. The molecule has 0 saturated heterocycles. The van der Waals surface area contributed by atoms with Gasteiger partial charge in [0.15, 0.2) is 0 Å². The Morgan fingerprint density at radius 2 is 0.649 bits per heavy atom. The molecule has 3 heterocycles. The number of hydrogen-bond acceptors (Lipinski definition) is 3. The van der Waals surface area contributed by atoms with E-state index < -0.39 is 0 Å². The van der Waals surface area contributed by atoms with Gasteiger partial charge in [0.1, 0.15) is 0 Å². The lowest BCUT2D eigenvalue weighted by molar-refractivity contribution is 0.587. The third-order valence-electron chi connectivity index (χ3n) is 14.2. The van der Waals surface area contributed by atoms with Crippen molar-refractivity contribution in [1.82, 2.24) is 15.0 Å². The SMILES string of the molecule is CC(C)(C)c1ccc(-c2ccc(-c3ccccc3-c3cc(-c4ccccc4-c4ccc(-c5cc(C(C)(C)C)ccn5)cc4)cc(-c4ccccc4-c4ccc(-c5ccccn5)cc4-c4ccccc4)c3)cc2)nc1. The normalized spacial score (nSPS) is 11.6. The molecule has 0 spiro atoms. The number of rotatable bonds is 10. The molecule has 0 amide bonds. The zero-order chi connectivity index (χ0) is 50.8. The van der Waals surface area contributed by atoms with Crippen LogP contribution in [0.5, 0.6) is 0 Å². The summed E-state index contributed by atoms with van der Waals surface area (Å²) in [5, 5.41) is 0. The highest BCUT2D eigenvalue weighted by atomic mass is 14.7. The summed E-state index contributed by atoms with van der Waals surface area (Å²) in [4.78, 5) is 14.4. The second-order valence-corrected chi connectivity index (χ2v) is 21.3. The van der Waals surface area contributed by atoms with Crippen LogP contribution in [0.3, 0.4) is 0 Å². The van der Waals surface area contributed by atoms with Crippen molar-refractivity contribution in [3.05, 3.63) is 260 Å². The summed E-state index contributed by atoms with van der Waals surface area (Å²) in [5.74, 6) is 0. The van der Waals surface area contributed by atoms with Gasteiger partial charge in [0.25, 0.3) is 0 Å². The third-order valence-corrected chi connectivity index (χ3v) is 14.2. The first-order valence-corrected chi connectivity index (χ1v) is 25.6. The first kappa shape index (κ1) is 47.5. The molecule has 0 atom stereocenters. The minimum absolute atomic E-state index is 0.0294. The summed E-state index contributed by atoms with van der Waals surface area (Å²) in [5.41, 5.74) is 24.8. The molecule has 8 aromatic carbocycles. The van der Waals surface area contributed by atoms with Crippen molar-refractivity contribution in [1.29, 1.82) is 0 Å². The van der Waals surface area contributed by atoms with E-state index in [9.17, 15) is 0 Å². The topological polar surface area (TPSA) is 38.7 Å². The van der Waals surface area contributed by atoms with Crippen LogP contribution in [0.2, 0.25) is 0 Å². The van der Waals surface area contributed by atoms with E-state index >= 15 is 0 Å². The van der Waals surface area contributed by atoms with Crippen LogP contribution < -0.4 is 0 Å². The molecule has 0 N–H and O–H groups in total. The Morgan fingerprint density at radius 1 is 0.230 bits per heavy atom. The summed E-state index contributed by atoms with van der Waals surface area (Å²) in [7, 11) is 0. The monoisotopic (exact) mass is 953 g/mol. The van der Waals surface area contributed by atoms with Crippen molar-refractivity contribution >= 4 is 0 Å².